The number of amides is 1. The van der Waals surface area contributed by atoms with Gasteiger partial charge in [-0.15, -0.1) is 0 Å². The summed E-state index contributed by atoms with van der Waals surface area (Å²) in [5, 5.41) is 10.8. The van der Waals surface area contributed by atoms with Crippen LogP contribution in [0.1, 0.15) is 48.9 Å². The third-order valence-corrected chi connectivity index (χ3v) is 6.43. The summed E-state index contributed by atoms with van der Waals surface area (Å²) in [7, 11) is 1.42. The fourth-order valence-electron chi connectivity index (χ4n) is 4.34. The molecule has 2 aliphatic rings. The second kappa shape index (κ2) is 9.62. The Morgan fingerprint density at radius 3 is 2.53 bits per heavy atom. The van der Waals surface area contributed by atoms with E-state index in [1.165, 1.54) is 7.11 Å². The zero-order valence-corrected chi connectivity index (χ0v) is 19.1. The maximum atomic E-state index is 13.1. The molecule has 0 radical (unpaired) electrons. The summed E-state index contributed by atoms with van der Waals surface area (Å²) in [6.45, 7) is 0. The second-order valence-corrected chi connectivity index (χ2v) is 8.97. The molecule has 0 saturated heterocycles. The number of nitrogens with one attached hydrogen (secondary N) is 3. The predicted octanol–water partition coefficient (Wildman–Crippen LogP) is 3.80. The van der Waals surface area contributed by atoms with Crippen LogP contribution in [0.4, 0.5) is 17.3 Å². The van der Waals surface area contributed by atoms with Crippen molar-refractivity contribution in [3.63, 3.8) is 0 Å². The van der Waals surface area contributed by atoms with E-state index in [2.05, 4.69) is 30.9 Å². The zero-order chi connectivity index (χ0) is 23.5. The Labute approximate surface area is 197 Å². The predicted molar refractivity (Wildman–Crippen MR) is 129 cm³/mol. The number of ether oxygens (including phenoxy) is 1. The minimum Gasteiger partial charge on any atom is -0.469 e. The molecule has 9 heteroatoms. The molecule has 0 unspecified atom stereocenters. The molecule has 34 heavy (non-hydrogen) atoms. The number of carbonyl (C=O) groups excluding carboxylic acids is 2. The molecule has 3 N–H and O–H groups in total. The van der Waals surface area contributed by atoms with Gasteiger partial charge < -0.3 is 20.7 Å². The monoisotopic (exact) mass is 460 g/mol. The van der Waals surface area contributed by atoms with Gasteiger partial charge in [-0.3, -0.25) is 14.6 Å². The molecular weight excluding hydrogens is 432 g/mol. The molecular formula is C25H28N6O3. The molecule has 0 spiro atoms. The Kier molecular flexibility index (Phi) is 6.24. The van der Waals surface area contributed by atoms with Crippen molar-refractivity contribution in [1.82, 2.24) is 20.3 Å². The number of pyridine rings is 3. The van der Waals surface area contributed by atoms with Crippen molar-refractivity contribution >= 4 is 40.1 Å². The van der Waals surface area contributed by atoms with Crippen LogP contribution in [0.3, 0.4) is 0 Å². The lowest BCUT2D eigenvalue weighted by Crippen LogP contribution is -2.39. The Morgan fingerprint density at radius 2 is 1.76 bits per heavy atom. The topological polar surface area (TPSA) is 118 Å². The van der Waals surface area contributed by atoms with Crippen molar-refractivity contribution in [2.75, 3.05) is 17.7 Å². The largest absolute Gasteiger partial charge is 0.469 e. The lowest BCUT2D eigenvalue weighted by atomic mass is 9.86. The molecule has 3 aromatic rings. The molecule has 3 aromatic heterocycles. The van der Waals surface area contributed by atoms with Crippen LogP contribution in [-0.4, -0.2) is 46.0 Å². The van der Waals surface area contributed by atoms with Crippen LogP contribution in [0.15, 0.2) is 42.9 Å². The average molecular weight is 461 g/mol. The van der Waals surface area contributed by atoms with Gasteiger partial charge in [-0.25, -0.2) is 9.97 Å². The van der Waals surface area contributed by atoms with E-state index < -0.39 is 0 Å². The van der Waals surface area contributed by atoms with Gasteiger partial charge in [0.2, 0.25) is 0 Å². The second-order valence-electron chi connectivity index (χ2n) is 8.97. The number of aromatic nitrogens is 3. The highest BCUT2D eigenvalue weighted by Crippen LogP contribution is 2.30. The highest BCUT2D eigenvalue weighted by Gasteiger charge is 2.29. The van der Waals surface area contributed by atoms with Crippen molar-refractivity contribution in [3.05, 3.63) is 48.4 Å². The van der Waals surface area contributed by atoms with Crippen LogP contribution < -0.4 is 16.0 Å². The molecule has 3 heterocycles. The average Bonchev–Trinajstić information content (AvgIpc) is 3.68. The van der Waals surface area contributed by atoms with E-state index in [1.54, 1.807) is 18.6 Å². The van der Waals surface area contributed by atoms with Gasteiger partial charge in [0, 0.05) is 42.1 Å². The van der Waals surface area contributed by atoms with Gasteiger partial charge in [-0.05, 0) is 56.7 Å². The summed E-state index contributed by atoms with van der Waals surface area (Å²) in [5.74, 6) is 0.894. The smallest absolute Gasteiger partial charge is 0.308 e. The van der Waals surface area contributed by atoms with Crippen LogP contribution >= 0.6 is 0 Å². The maximum Gasteiger partial charge on any atom is 0.308 e. The number of esters is 1. The first-order valence-corrected chi connectivity index (χ1v) is 11.7. The Morgan fingerprint density at radius 1 is 0.971 bits per heavy atom. The number of nitrogens with zero attached hydrogens (tertiary/aromatic N) is 3. The van der Waals surface area contributed by atoms with E-state index in [0.717, 1.165) is 55.1 Å². The van der Waals surface area contributed by atoms with E-state index in [4.69, 9.17) is 4.74 Å². The molecule has 9 nitrogen and oxygen atoms in total. The summed E-state index contributed by atoms with van der Waals surface area (Å²) in [4.78, 5) is 38.1. The van der Waals surface area contributed by atoms with Crippen molar-refractivity contribution in [1.29, 1.82) is 0 Å². The lowest BCUT2D eigenvalue weighted by molar-refractivity contribution is -0.146. The quantitative estimate of drug-likeness (QED) is 0.456. The first kappa shape index (κ1) is 22.1. The Balaban J connectivity index is 1.29. The van der Waals surface area contributed by atoms with Crippen LogP contribution in [-0.2, 0) is 9.53 Å². The molecule has 0 atom stereocenters. The van der Waals surface area contributed by atoms with Gasteiger partial charge in [0.25, 0.3) is 5.91 Å². The number of carbonyl (C=O) groups is 2. The van der Waals surface area contributed by atoms with E-state index in [1.807, 2.05) is 24.3 Å². The summed E-state index contributed by atoms with van der Waals surface area (Å²) in [6.07, 6.45) is 10.2. The zero-order valence-electron chi connectivity index (χ0n) is 19.1. The summed E-state index contributed by atoms with van der Waals surface area (Å²) >= 11 is 0. The molecule has 5 rings (SSSR count). The Bertz CT molecular complexity index is 1200. The third-order valence-electron chi connectivity index (χ3n) is 6.43. The van der Waals surface area contributed by atoms with Crippen molar-refractivity contribution in [2.45, 2.75) is 50.6 Å². The summed E-state index contributed by atoms with van der Waals surface area (Å²) in [6, 6.07) is 7.97. The minimum absolute atomic E-state index is 0.0382. The fraction of sp³-hybridized carbons (Fsp3) is 0.400. The number of fused-ring (bicyclic) bond motifs is 1. The molecule has 1 amide bonds. The molecule has 2 saturated carbocycles. The van der Waals surface area contributed by atoms with Gasteiger partial charge in [0.1, 0.15) is 11.6 Å². The summed E-state index contributed by atoms with van der Waals surface area (Å²) in [5.41, 5.74) is 2.12. The third kappa shape index (κ3) is 5.08. The van der Waals surface area contributed by atoms with E-state index in [-0.39, 0.29) is 23.8 Å². The fourth-order valence-corrected chi connectivity index (χ4v) is 4.34. The van der Waals surface area contributed by atoms with E-state index >= 15 is 0 Å². The molecule has 2 aliphatic carbocycles. The van der Waals surface area contributed by atoms with Gasteiger partial charge in [0.05, 0.1) is 29.8 Å². The molecule has 0 aromatic carbocycles. The number of methoxy groups -OCH3 is 1. The van der Waals surface area contributed by atoms with Crippen LogP contribution in [0, 0.1) is 5.92 Å². The number of anilines is 3. The van der Waals surface area contributed by atoms with Gasteiger partial charge in [-0.1, -0.05) is 0 Å². The van der Waals surface area contributed by atoms with Crippen molar-refractivity contribution in [3.8, 4) is 0 Å². The highest BCUT2D eigenvalue weighted by molar-refractivity contribution is 6.00. The highest BCUT2D eigenvalue weighted by atomic mass is 16.5. The van der Waals surface area contributed by atoms with Gasteiger partial charge in [0.15, 0.2) is 0 Å². The van der Waals surface area contributed by atoms with Crippen LogP contribution in [0.2, 0.25) is 0 Å². The summed E-state index contributed by atoms with van der Waals surface area (Å²) < 4.78 is 4.85. The van der Waals surface area contributed by atoms with Crippen molar-refractivity contribution < 1.29 is 14.3 Å². The van der Waals surface area contributed by atoms with E-state index in [0.29, 0.717) is 23.2 Å². The van der Waals surface area contributed by atoms with Crippen LogP contribution in [0.25, 0.3) is 10.9 Å². The first-order valence-electron chi connectivity index (χ1n) is 11.7. The number of hydrogen-bond donors (Lipinski definition) is 3. The van der Waals surface area contributed by atoms with Crippen molar-refractivity contribution in [2.24, 2.45) is 5.92 Å². The van der Waals surface area contributed by atoms with Crippen LogP contribution in [0.5, 0.6) is 0 Å². The Hall–Kier alpha value is -3.75. The maximum absolute atomic E-state index is 13.1. The molecule has 2 fully saturated rings. The number of rotatable bonds is 7. The van der Waals surface area contributed by atoms with Gasteiger partial charge >= 0.3 is 5.97 Å². The first-order chi connectivity index (χ1) is 16.6. The normalized spacial score (nSPS) is 19.9. The standard InChI is InChI=1S/C25H28N6O3/c1-34-25(33)15-2-5-18(6-3-15)29-24(32)19-14-27-23(12-21(19)28-17-7-8-17)31-22-9-4-16-13-26-11-10-20(16)30-22/h4,9-15,17-18H,2-3,5-8H2,1H3,(H,29,32)(H2,27,28,30,31). The van der Waals surface area contributed by atoms with E-state index in [9.17, 15) is 9.59 Å². The molecule has 0 aliphatic heterocycles. The van der Waals surface area contributed by atoms with Gasteiger partial charge in [-0.2, -0.15) is 0 Å². The molecule has 0 bridgehead atoms. The SMILES string of the molecule is COC(=O)C1CCC(NC(=O)c2cnc(Nc3ccc4cnccc4n3)cc2NC2CC2)CC1. The molecule has 176 valence electrons. The lowest BCUT2D eigenvalue weighted by Gasteiger charge is -2.27. The number of hydrogen-bond acceptors (Lipinski definition) is 8. The minimum atomic E-state index is -0.162.